The highest BCUT2D eigenvalue weighted by atomic mass is 35.5. The molecule has 0 N–H and O–H groups in total. The minimum absolute atomic E-state index is 0.00836. The highest BCUT2D eigenvalue weighted by molar-refractivity contribution is 6.34. The lowest BCUT2D eigenvalue weighted by Crippen LogP contribution is -2.25. The zero-order valence-electron chi connectivity index (χ0n) is 19.6. The fourth-order valence-corrected chi connectivity index (χ4v) is 4.78. The topological polar surface area (TPSA) is 65.8 Å². The Hall–Kier alpha value is -3.71. The van der Waals surface area contributed by atoms with E-state index in [9.17, 15) is 4.79 Å². The van der Waals surface area contributed by atoms with Crippen molar-refractivity contribution in [2.75, 3.05) is 32.3 Å². The molecule has 1 atom stereocenters. The number of ether oxygens (including phenoxy) is 3. The molecule has 1 aliphatic rings. The van der Waals surface area contributed by atoms with Crippen LogP contribution in [0.4, 0.5) is 5.69 Å². The van der Waals surface area contributed by atoms with E-state index in [-0.39, 0.29) is 11.8 Å². The molecule has 2 heterocycles. The molecule has 0 spiro atoms. The first-order valence-electron chi connectivity index (χ1n) is 11.4. The maximum Gasteiger partial charge on any atom is 0.227 e. The number of amides is 1. The predicted molar refractivity (Wildman–Crippen MR) is 136 cm³/mol. The number of para-hydroxylation sites is 4. The van der Waals surface area contributed by atoms with Crippen molar-refractivity contribution in [2.45, 2.75) is 18.9 Å². The summed E-state index contributed by atoms with van der Waals surface area (Å²) in [6.07, 6.45) is 0.351. The van der Waals surface area contributed by atoms with Gasteiger partial charge in [0, 0.05) is 24.9 Å². The summed E-state index contributed by atoms with van der Waals surface area (Å²) < 4.78 is 18.9. The van der Waals surface area contributed by atoms with Crippen LogP contribution in [0.5, 0.6) is 17.2 Å². The highest BCUT2D eigenvalue weighted by Gasteiger charge is 2.35. The Morgan fingerprint density at radius 1 is 1.00 bits per heavy atom. The fourth-order valence-electron chi connectivity index (χ4n) is 4.57. The van der Waals surface area contributed by atoms with Gasteiger partial charge in [-0.1, -0.05) is 35.9 Å². The summed E-state index contributed by atoms with van der Waals surface area (Å²) in [6.45, 7) is 1.50. The van der Waals surface area contributed by atoms with Gasteiger partial charge >= 0.3 is 0 Å². The average Bonchev–Trinajstić information content (AvgIpc) is 3.45. The third kappa shape index (κ3) is 4.51. The summed E-state index contributed by atoms with van der Waals surface area (Å²) in [6, 6.07) is 20.9. The molecule has 0 radical (unpaired) electrons. The summed E-state index contributed by atoms with van der Waals surface area (Å²) in [7, 11) is 3.22. The van der Waals surface area contributed by atoms with Crippen LogP contribution < -0.4 is 19.1 Å². The lowest BCUT2D eigenvalue weighted by atomic mass is 10.1. The highest BCUT2D eigenvalue weighted by Crippen LogP contribution is 2.38. The second-order valence-electron chi connectivity index (χ2n) is 8.33. The molecule has 180 valence electrons. The van der Waals surface area contributed by atoms with E-state index < -0.39 is 0 Å². The van der Waals surface area contributed by atoms with Crippen LogP contribution in [0.1, 0.15) is 18.2 Å². The predicted octanol–water partition coefficient (Wildman–Crippen LogP) is 5.31. The Kier molecular flexibility index (Phi) is 6.51. The molecule has 8 heteroatoms. The van der Waals surface area contributed by atoms with Crippen LogP contribution in [0, 0.1) is 0 Å². The zero-order chi connectivity index (χ0) is 24.4. The Balaban J connectivity index is 1.42. The van der Waals surface area contributed by atoms with E-state index in [2.05, 4.69) is 4.57 Å². The summed E-state index contributed by atoms with van der Waals surface area (Å²) in [5.74, 6) is 2.83. The molecule has 7 nitrogen and oxygen atoms in total. The summed E-state index contributed by atoms with van der Waals surface area (Å²) in [5.41, 5.74) is 2.56. The van der Waals surface area contributed by atoms with E-state index in [1.54, 1.807) is 37.3 Å². The van der Waals surface area contributed by atoms with Crippen molar-refractivity contribution in [3.63, 3.8) is 0 Å². The number of fused-ring (bicyclic) bond motifs is 1. The van der Waals surface area contributed by atoms with Gasteiger partial charge in [0.25, 0.3) is 0 Å². The van der Waals surface area contributed by atoms with Gasteiger partial charge < -0.3 is 23.7 Å². The normalized spacial score (nSPS) is 15.6. The average molecular weight is 492 g/mol. The minimum Gasteiger partial charge on any atom is -0.497 e. The number of rotatable bonds is 8. The number of imidazole rings is 1. The number of carbonyl (C=O) groups is 1. The Bertz CT molecular complexity index is 1370. The van der Waals surface area contributed by atoms with E-state index in [1.165, 1.54) is 0 Å². The monoisotopic (exact) mass is 491 g/mol. The maximum absolute atomic E-state index is 13.1. The number of halogens is 1. The number of nitrogens with zero attached hydrogens (tertiary/aromatic N) is 3. The lowest BCUT2D eigenvalue weighted by molar-refractivity contribution is -0.117. The molecule has 0 bridgehead atoms. The van der Waals surface area contributed by atoms with Crippen molar-refractivity contribution in [1.82, 2.24) is 9.55 Å². The largest absolute Gasteiger partial charge is 0.497 e. The van der Waals surface area contributed by atoms with Crippen LogP contribution in [-0.2, 0) is 11.3 Å². The SMILES string of the molecule is COc1ccc(Cl)c(N2C[C@@H](c3nc4ccccc4n3CCOc3ccccc3OC)CC2=O)c1. The van der Waals surface area contributed by atoms with E-state index in [4.69, 9.17) is 30.8 Å². The fraction of sp³-hybridized carbons (Fsp3) is 0.259. The van der Waals surface area contributed by atoms with E-state index >= 15 is 0 Å². The van der Waals surface area contributed by atoms with Crippen molar-refractivity contribution in [3.05, 3.63) is 77.6 Å². The van der Waals surface area contributed by atoms with Crippen LogP contribution in [0.25, 0.3) is 11.0 Å². The van der Waals surface area contributed by atoms with Crippen molar-refractivity contribution >= 4 is 34.2 Å². The van der Waals surface area contributed by atoms with E-state index in [0.29, 0.717) is 54.1 Å². The number of benzene rings is 3. The first kappa shape index (κ1) is 23.1. The van der Waals surface area contributed by atoms with Gasteiger partial charge in [-0.3, -0.25) is 4.79 Å². The smallest absolute Gasteiger partial charge is 0.227 e. The summed E-state index contributed by atoms with van der Waals surface area (Å²) >= 11 is 6.44. The van der Waals surface area contributed by atoms with Crippen LogP contribution in [0.15, 0.2) is 66.7 Å². The number of carbonyl (C=O) groups excluding carboxylic acids is 1. The minimum atomic E-state index is -0.0802. The lowest BCUT2D eigenvalue weighted by Gasteiger charge is -2.19. The number of methoxy groups -OCH3 is 2. The molecule has 3 aromatic carbocycles. The summed E-state index contributed by atoms with van der Waals surface area (Å²) in [5, 5.41) is 0.513. The third-order valence-corrected chi connectivity index (χ3v) is 6.58. The second kappa shape index (κ2) is 9.88. The van der Waals surface area contributed by atoms with Gasteiger partial charge in [0.1, 0.15) is 18.2 Å². The van der Waals surface area contributed by atoms with Gasteiger partial charge in [0.2, 0.25) is 5.91 Å². The molecule has 0 saturated carbocycles. The molecule has 4 aromatic rings. The molecule has 1 aliphatic heterocycles. The Labute approximate surface area is 208 Å². The number of hydrogen-bond donors (Lipinski definition) is 0. The molecule has 1 aromatic heterocycles. The molecule has 0 unspecified atom stereocenters. The first-order chi connectivity index (χ1) is 17.1. The Morgan fingerprint density at radius 3 is 2.57 bits per heavy atom. The standard InChI is InChI=1S/C27H26ClN3O4/c1-33-19-11-12-20(28)23(16-19)31-17-18(15-26(31)32)27-29-21-7-3-4-8-22(21)30(27)13-14-35-25-10-6-5-9-24(25)34-2/h3-12,16,18H,13-15,17H2,1-2H3/t18-/m0/s1. The molecule has 1 saturated heterocycles. The number of hydrogen-bond acceptors (Lipinski definition) is 5. The molecule has 0 aliphatic carbocycles. The third-order valence-electron chi connectivity index (χ3n) is 6.26. The Morgan fingerprint density at radius 2 is 1.77 bits per heavy atom. The number of aromatic nitrogens is 2. The molecule has 35 heavy (non-hydrogen) atoms. The van der Waals surface area contributed by atoms with Gasteiger partial charge in [0.15, 0.2) is 11.5 Å². The van der Waals surface area contributed by atoms with Crippen LogP contribution >= 0.6 is 11.6 Å². The number of anilines is 1. The van der Waals surface area contributed by atoms with Crippen molar-refractivity contribution in [1.29, 1.82) is 0 Å². The van der Waals surface area contributed by atoms with Crippen LogP contribution in [-0.4, -0.2) is 42.8 Å². The van der Waals surface area contributed by atoms with Crippen molar-refractivity contribution < 1.29 is 19.0 Å². The molecule has 1 fully saturated rings. The quantitative estimate of drug-likeness (QED) is 0.334. The van der Waals surface area contributed by atoms with Crippen molar-refractivity contribution in [3.8, 4) is 17.2 Å². The summed E-state index contributed by atoms with van der Waals surface area (Å²) in [4.78, 5) is 19.7. The maximum atomic E-state index is 13.1. The molecular formula is C27H26ClN3O4. The van der Waals surface area contributed by atoms with Gasteiger partial charge in [-0.05, 0) is 36.4 Å². The van der Waals surface area contributed by atoms with Crippen LogP contribution in [0.2, 0.25) is 5.02 Å². The van der Waals surface area contributed by atoms with Gasteiger partial charge in [-0.15, -0.1) is 0 Å². The van der Waals surface area contributed by atoms with Crippen LogP contribution in [0.3, 0.4) is 0 Å². The van der Waals surface area contributed by atoms with Gasteiger partial charge in [-0.2, -0.15) is 0 Å². The molecular weight excluding hydrogens is 466 g/mol. The zero-order valence-corrected chi connectivity index (χ0v) is 20.4. The van der Waals surface area contributed by atoms with E-state index in [1.807, 2.05) is 48.5 Å². The second-order valence-corrected chi connectivity index (χ2v) is 8.74. The van der Waals surface area contributed by atoms with Crippen molar-refractivity contribution in [2.24, 2.45) is 0 Å². The van der Waals surface area contributed by atoms with E-state index in [0.717, 1.165) is 16.9 Å². The molecule has 1 amide bonds. The van der Waals surface area contributed by atoms with Gasteiger partial charge in [-0.25, -0.2) is 4.98 Å². The van der Waals surface area contributed by atoms with Gasteiger partial charge in [0.05, 0.1) is 42.5 Å². The first-order valence-corrected chi connectivity index (χ1v) is 11.8. The molecule has 5 rings (SSSR count).